The molecule has 1 unspecified atom stereocenters. The second-order valence-electron chi connectivity index (χ2n) is 6.10. The lowest BCUT2D eigenvalue weighted by atomic mass is 10.0. The van der Waals surface area contributed by atoms with Gasteiger partial charge in [0, 0.05) is 5.56 Å². The largest absolute Gasteiger partial charge is 0.465 e. The van der Waals surface area contributed by atoms with Crippen LogP contribution in [0.4, 0.5) is 0 Å². The van der Waals surface area contributed by atoms with E-state index in [9.17, 15) is 9.59 Å². The summed E-state index contributed by atoms with van der Waals surface area (Å²) in [4.78, 5) is 30.5. The van der Waals surface area contributed by atoms with Crippen molar-refractivity contribution in [1.29, 1.82) is 0 Å². The summed E-state index contributed by atoms with van der Waals surface area (Å²) in [6, 6.07) is 7.29. The van der Waals surface area contributed by atoms with Gasteiger partial charge >= 0.3 is 5.97 Å². The molecule has 5 heteroatoms. The maximum atomic E-state index is 11.9. The van der Waals surface area contributed by atoms with Crippen molar-refractivity contribution in [2.24, 2.45) is 5.92 Å². The Hall–Kier alpha value is -2.69. The smallest absolute Gasteiger partial charge is 0.337 e. The van der Waals surface area contributed by atoms with Crippen LogP contribution in [-0.4, -0.2) is 23.0 Å². The van der Waals surface area contributed by atoms with E-state index in [0.29, 0.717) is 17.3 Å². The number of fused-ring (bicyclic) bond motifs is 1. The molecule has 3 rings (SSSR count). The van der Waals surface area contributed by atoms with Crippen LogP contribution in [-0.2, 0) is 17.6 Å². The summed E-state index contributed by atoms with van der Waals surface area (Å²) in [5, 5.41) is 0. The number of aryl methyl sites for hydroxylation is 1. The maximum absolute atomic E-state index is 11.9. The lowest BCUT2D eigenvalue weighted by molar-refractivity contribution is 0.0600. The first-order chi connectivity index (χ1) is 11.6. The summed E-state index contributed by atoms with van der Waals surface area (Å²) in [5.41, 5.74) is 3.35. The van der Waals surface area contributed by atoms with Crippen molar-refractivity contribution in [1.82, 2.24) is 9.97 Å². The molecule has 0 saturated carbocycles. The van der Waals surface area contributed by atoms with Crippen LogP contribution in [0, 0.1) is 12.8 Å². The summed E-state index contributed by atoms with van der Waals surface area (Å²) in [6.45, 7) is 1.81. The number of nitrogens with one attached hydrogen (secondary N) is 1. The number of rotatable bonds is 4. The number of hydrogen-bond donors (Lipinski definition) is 1. The molecule has 5 nitrogen and oxygen atoms in total. The predicted octanol–water partition coefficient (Wildman–Crippen LogP) is 2.68. The van der Waals surface area contributed by atoms with E-state index < -0.39 is 0 Å². The van der Waals surface area contributed by atoms with Gasteiger partial charge in [-0.15, -0.1) is 0 Å². The maximum Gasteiger partial charge on any atom is 0.337 e. The highest BCUT2D eigenvalue weighted by molar-refractivity contribution is 5.89. The molecule has 0 spiro atoms. The molecule has 124 valence electrons. The predicted molar refractivity (Wildman–Crippen MR) is 91.9 cm³/mol. The molecule has 1 heterocycles. The average molecular weight is 324 g/mol. The first-order valence-corrected chi connectivity index (χ1v) is 8.00. The number of carbonyl (C=O) groups is 1. The Morgan fingerprint density at radius 1 is 1.33 bits per heavy atom. The first kappa shape index (κ1) is 16.2. The molecule has 1 aromatic carbocycles. The van der Waals surface area contributed by atoms with E-state index in [-0.39, 0.29) is 11.5 Å². The van der Waals surface area contributed by atoms with E-state index in [1.165, 1.54) is 7.11 Å². The van der Waals surface area contributed by atoms with Crippen molar-refractivity contribution in [2.75, 3.05) is 7.11 Å². The van der Waals surface area contributed by atoms with Gasteiger partial charge in [0.1, 0.15) is 5.82 Å². The van der Waals surface area contributed by atoms with Gasteiger partial charge in [0.05, 0.1) is 18.4 Å². The third kappa shape index (κ3) is 3.45. The van der Waals surface area contributed by atoms with Crippen LogP contribution < -0.4 is 5.56 Å². The molecule has 0 fully saturated rings. The number of aromatic amines is 1. The Kier molecular flexibility index (Phi) is 4.60. The number of allylic oxidation sites excluding steroid dienone is 1. The summed E-state index contributed by atoms with van der Waals surface area (Å²) < 4.78 is 4.68. The number of hydrogen-bond acceptors (Lipinski definition) is 4. The molecule has 1 aliphatic rings. The molecule has 0 bridgehead atoms. The zero-order valence-electron chi connectivity index (χ0n) is 13.8. The van der Waals surface area contributed by atoms with Gasteiger partial charge in [0.15, 0.2) is 0 Å². The fraction of sp³-hybridized carbons (Fsp3) is 0.316. The minimum atomic E-state index is -0.331. The van der Waals surface area contributed by atoms with Gasteiger partial charge in [-0.05, 0) is 49.8 Å². The summed E-state index contributed by atoms with van der Waals surface area (Å²) in [5.74, 6) is 0.767. The van der Waals surface area contributed by atoms with Crippen molar-refractivity contribution in [3.05, 3.63) is 68.9 Å². The molecule has 1 atom stereocenters. The Labute approximate surface area is 140 Å². The number of methoxy groups -OCH3 is 1. The van der Waals surface area contributed by atoms with E-state index in [1.54, 1.807) is 12.1 Å². The van der Waals surface area contributed by atoms with Crippen LogP contribution in [0.15, 0.2) is 35.1 Å². The van der Waals surface area contributed by atoms with Crippen LogP contribution in [0.25, 0.3) is 6.08 Å². The van der Waals surface area contributed by atoms with Gasteiger partial charge in [-0.25, -0.2) is 9.78 Å². The molecule has 1 aliphatic carbocycles. The molecule has 0 radical (unpaired) electrons. The van der Waals surface area contributed by atoms with Crippen LogP contribution in [0.2, 0.25) is 0 Å². The van der Waals surface area contributed by atoms with E-state index in [2.05, 4.69) is 20.8 Å². The van der Waals surface area contributed by atoms with Gasteiger partial charge in [-0.2, -0.15) is 0 Å². The van der Waals surface area contributed by atoms with Gasteiger partial charge in [0.2, 0.25) is 0 Å². The highest BCUT2D eigenvalue weighted by Crippen LogP contribution is 2.25. The quantitative estimate of drug-likeness (QED) is 0.878. The Balaban J connectivity index is 1.61. The molecule has 0 saturated heterocycles. The van der Waals surface area contributed by atoms with Crippen LogP contribution in [0.3, 0.4) is 0 Å². The van der Waals surface area contributed by atoms with Crippen LogP contribution >= 0.6 is 0 Å². The van der Waals surface area contributed by atoms with E-state index >= 15 is 0 Å². The minimum absolute atomic E-state index is 0.00220. The number of aromatic nitrogens is 2. The standard InChI is InChI=1S/C19H20N2O3/c1-12-20-17-11-14(10-16(17)18(22)21-12)5-3-4-13-6-8-15(9-7-13)19(23)24-2/h3-4,6-9,14H,5,10-11H2,1-2H3,(H,20,21,22)/b4-3+. The summed E-state index contributed by atoms with van der Waals surface area (Å²) in [7, 11) is 1.37. The molecule has 0 aliphatic heterocycles. The Morgan fingerprint density at radius 2 is 2.08 bits per heavy atom. The number of H-pyrrole nitrogens is 1. The van der Waals surface area contributed by atoms with Crippen molar-refractivity contribution < 1.29 is 9.53 Å². The third-order valence-corrected chi connectivity index (χ3v) is 4.31. The number of benzene rings is 1. The first-order valence-electron chi connectivity index (χ1n) is 8.00. The van der Waals surface area contributed by atoms with Gasteiger partial charge in [-0.3, -0.25) is 4.79 Å². The van der Waals surface area contributed by atoms with E-state index in [0.717, 1.165) is 36.1 Å². The molecular weight excluding hydrogens is 304 g/mol. The molecule has 0 amide bonds. The average Bonchev–Trinajstić information content (AvgIpc) is 2.98. The normalized spacial score (nSPS) is 16.3. The lowest BCUT2D eigenvalue weighted by Crippen LogP contribution is -2.15. The number of nitrogens with zero attached hydrogens (tertiary/aromatic N) is 1. The number of esters is 1. The molecular formula is C19H20N2O3. The van der Waals surface area contributed by atoms with Gasteiger partial charge in [0.25, 0.3) is 5.56 Å². The Morgan fingerprint density at radius 3 is 2.79 bits per heavy atom. The van der Waals surface area contributed by atoms with Crippen LogP contribution in [0.1, 0.15) is 39.4 Å². The Bertz CT molecular complexity index is 835. The van der Waals surface area contributed by atoms with Crippen LogP contribution in [0.5, 0.6) is 0 Å². The fourth-order valence-corrected chi connectivity index (χ4v) is 3.09. The third-order valence-electron chi connectivity index (χ3n) is 4.31. The number of carbonyl (C=O) groups excluding carboxylic acids is 1. The molecule has 1 N–H and O–H groups in total. The van der Waals surface area contributed by atoms with Gasteiger partial charge in [-0.1, -0.05) is 24.3 Å². The van der Waals surface area contributed by atoms with E-state index in [4.69, 9.17) is 0 Å². The summed E-state index contributed by atoms with van der Waals surface area (Å²) in [6.07, 6.45) is 6.68. The monoisotopic (exact) mass is 324 g/mol. The highest BCUT2D eigenvalue weighted by atomic mass is 16.5. The zero-order valence-corrected chi connectivity index (χ0v) is 13.8. The second kappa shape index (κ2) is 6.83. The van der Waals surface area contributed by atoms with Crippen molar-refractivity contribution in [2.45, 2.75) is 26.2 Å². The second-order valence-corrected chi connectivity index (χ2v) is 6.10. The van der Waals surface area contributed by atoms with Crippen molar-refractivity contribution in [3.63, 3.8) is 0 Å². The minimum Gasteiger partial charge on any atom is -0.465 e. The van der Waals surface area contributed by atoms with E-state index in [1.807, 2.05) is 25.1 Å². The zero-order chi connectivity index (χ0) is 17.1. The summed E-state index contributed by atoms with van der Waals surface area (Å²) >= 11 is 0. The fourth-order valence-electron chi connectivity index (χ4n) is 3.09. The van der Waals surface area contributed by atoms with Crippen molar-refractivity contribution >= 4 is 12.0 Å². The van der Waals surface area contributed by atoms with Gasteiger partial charge < -0.3 is 9.72 Å². The molecule has 2 aromatic rings. The molecule has 24 heavy (non-hydrogen) atoms. The number of ether oxygens (including phenoxy) is 1. The molecule has 1 aromatic heterocycles. The SMILES string of the molecule is COC(=O)c1ccc(/C=C/CC2Cc3nc(C)[nH]c(=O)c3C2)cc1. The highest BCUT2D eigenvalue weighted by Gasteiger charge is 2.24. The lowest BCUT2D eigenvalue weighted by Gasteiger charge is -2.03. The topological polar surface area (TPSA) is 72.0 Å². The van der Waals surface area contributed by atoms with Crippen molar-refractivity contribution in [3.8, 4) is 0 Å².